The third-order valence-electron chi connectivity index (χ3n) is 9.87. The van der Waals surface area contributed by atoms with E-state index in [1.807, 2.05) is 0 Å². The minimum Gasteiger partial charge on any atom is -0.494 e. The molecule has 1 fully saturated rings. The molecule has 308 valence electrons. The van der Waals surface area contributed by atoms with Crippen molar-refractivity contribution in [3.05, 3.63) is 79.4 Å². The van der Waals surface area contributed by atoms with E-state index in [0.717, 1.165) is 109 Å². The zero-order valence-corrected chi connectivity index (χ0v) is 33.4. The first-order valence-electron chi connectivity index (χ1n) is 20.8. The summed E-state index contributed by atoms with van der Waals surface area (Å²) in [5.74, 6) is -0.0572. The lowest BCUT2D eigenvalue weighted by Crippen LogP contribution is -2.29. The van der Waals surface area contributed by atoms with Gasteiger partial charge in [-0.15, -0.1) is 0 Å². The van der Waals surface area contributed by atoms with Crippen molar-refractivity contribution in [2.45, 2.75) is 135 Å². The molecule has 0 radical (unpaired) electrons. The minimum atomic E-state index is -0.497. The van der Waals surface area contributed by atoms with E-state index in [-0.39, 0.29) is 29.9 Å². The second kappa shape index (κ2) is 28.9. The Hall–Kier alpha value is -4.44. The summed E-state index contributed by atoms with van der Waals surface area (Å²) < 4.78 is 33.1. The topological polar surface area (TPSA) is 124 Å². The van der Waals surface area contributed by atoms with Crippen LogP contribution in [0.3, 0.4) is 0 Å². The lowest BCUT2D eigenvalue weighted by molar-refractivity contribution is -0.141. The van der Waals surface area contributed by atoms with Crippen LogP contribution in [0.1, 0.15) is 139 Å². The van der Waals surface area contributed by atoms with Gasteiger partial charge < -0.3 is 28.4 Å². The monoisotopic (exact) mass is 776 g/mol. The molecule has 0 bridgehead atoms. The van der Waals surface area contributed by atoms with E-state index in [9.17, 15) is 19.2 Å². The molecule has 0 unspecified atom stereocenters. The van der Waals surface area contributed by atoms with Crippen molar-refractivity contribution in [1.29, 1.82) is 0 Å². The molecule has 2 aromatic rings. The van der Waals surface area contributed by atoms with Crippen molar-refractivity contribution in [3.63, 3.8) is 0 Å². The van der Waals surface area contributed by atoms with Gasteiger partial charge in [0.2, 0.25) is 0 Å². The molecule has 0 saturated heterocycles. The molecule has 0 amide bonds. The van der Waals surface area contributed by atoms with Crippen LogP contribution in [0.5, 0.6) is 17.2 Å². The van der Waals surface area contributed by atoms with E-state index in [1.165, 1.54) is 44.3 Å². The van der Waals surface area contributed by atoms with Gasteiger partial charge in [0.25, 0.3) is 0 Å². The Morgan fingerprint density at radius 1 is 0.500 bits per heavy atom. The second-order valence-corrected chi connectivity index (χ2v) is 14.4. The summed E-state index contributed by atoms with van der Waals surface area (Å²) >= 11 is 0. The van der Waals surface area contributed by atoms with E-state index in [4.69, 9.17) is 28.4 Å². The van der Waals surface area contributed by atoms with Gasteiger partial charge in [0.05, 0.1) is 37.4 Å². The highest BCUT2D eigenvalue weighted by Crippen LogP contribution is 2.28. The van der Waals surface area contributed by atoms with Crippen LogP contribution in [0.25, 0.3) is 0 Å². The molecule has 0 aliphatic heterocycles. The Morgan fingerprint density at radius 3 is 1.41 bits per heavy atom. The molecule has 1 aliphatic carbocycles. The Balaban J connectivity index is 1.18. The van der Waals surface area contributed by atoms with Gasteiger partial charge in [-0.1, -0.05) is 90.2 Å². The standard InChI is InChI=1S/C46H64O10/c1-3-43(47)53-35-19-15-11-7-5-9-13-17-33-51-39-25-21-37(22-26-39)45(49)55-41-27-23-38(24-28-41)46(50)56-42-31-29-40(30-32-42)52-34-18-14-10-6-8-12-16-20-36-54-44(48)4-2/h3-4,23-24,27-32,37,39H,1-2,5-22,25-26,33-36H2. The third kappa shape index (κ3) is 20.5. The number of benzene rings is 2. The Bertz CT molecular complexity index is 1430. The summed E-state index contributed by atoms with van der Waals surface area (Å²) in [6.45, 7) is 9.10. The van der Waals surface area contributed by atoms with Crippen molar-refractivity contribution < 1.29 is 47.6 Å². The Labute approximate surface area is 334 Å². The summed E-state index contributed by atoms with van der Waals surface area (Å²) in [5, 5.41) is 0. The van der Waals surface area contributed by atoms with Crippen molar-refractivity contribution in [3.8, 4) is 17.2 Å². The van der Waals surface area contributed by atoms with Crippen LogP contribution < -0.4 is 14.2 Å². The predicted molar refractivity (Wildman–Crippen MR) is 217 cm³/mol. The SMILES string of the molecule is C=CC(=O)OCCCCCCCCCCOc1ccc(OC(=O)c2ccc(OC(=O)C3CCC(OCCCCCCCCCCOC(=O)C=C)CC3)cc2)cc1. The summed E-state index contributed by atoms with van der Waals surface area (Å²) in [5.41, 5.74) is 0.359. The van der Waals surface area contributed by atoms with Crippen LogP contribution in [0.4, 0.5) is 0 Å². The first-order chi connectivity index (χ1) is 27.4. The highest BCUT2D eigenvalue weighted by atomic mass is 16.5. The van der Waals surface area contributed by atoms with Crippen LogP contribution >= 0.6 is 0 Å². The van der Waals surface area contributed by atoms with Gasteiger partial charge in [0, 0.05) is 18.8 Å². The molecule has 0 heterocycles. The van der Waals surface area contributed by atoms with Crippen LogP contribution in [-0.2, 0) is 28.6 Å². The number of esters is 4. The lowest BCUT2D eigenvalue weighted by atomic mass is 9.87. The molecule has 0 spiro atoms. The number of unbranched alkanes of at least 4 members (excludes halogenated alkanes) is 14. The maximum absolute atomic E-state index is 12.9. The highest BCUT2D eigenvalue weighted by molar-refractivity contribution is 5.91. The molecule has 0 aromatic heterocycles. The molecule has 1 aliphatic rings. The fourth-order valence-corrected chi connectivity index (χ4v) is 6.53. The Kier molecular flexibility index (Phi) is 23.7. The summed E-state index contributed by atoms with van der Waals surface area (Å²) in [6.07, 6.45) is 23.4. The summed E-state index contributed by atoms with van der Waals surface area (Å²) in [6, 6.07) is 13.5. The number of carbonyl (C=O) groups excluding carboxylic acids is 4. The van der Waals surface area contributed by atoms with Crippen LogP contribution in [0.15, 0.2) is 73.8 Å². The highest BCUT2D eigenvalue weighted by Gasteiger charge is 2.28. The maximum Gasteiger partial charge on any atom is 0.343 e. The molecular formula is C46H64O10. The van der Waals surface area contributed by atoms with E-state index in [0.29, 0.717) is 36.9 Å². The zero-order valence-electron chi connectivity index (χ0n) is 33.4. The van der Waals surface area contributed by atoms with Crippen molar-refractivity contribution >= 4 is 23.9 Å². The van der Waals surface area contributed by atoms with Crippen LogP contribution in [-0.4, -0.2) is 56.4 Å². The molecule has 0 atom stereocenters. The molecule has 3 rings (SSSR count). The largest absolute Gasteiger partial charge is 0.494 e. The molecule has 56 heavy (non-hydrogen) atoms. The molecule has 10 nitrogen and oxygen atoms in total. The predicted octanol–water partition coefficient (Wildman–Crippen LogP) is 10.5. The Morgan fingerprint density at radius 2 is 0.911 bits per heavy atom. The third-order valence-corrected chi connectivity index (χ3v) is 9.87. The van der Waals surface area contributed by atoms with Gasteiger partial charge in [-0.3, -0.25) is 4.79 Å². The fourth-order valence-electron chi connectivity index (χ4n) is 6.53. The van der Waals surface area contributed by atoms with Crippen LogP contribution in [0.2, 0.25) is 0 Å². The van der Waals surface area contributed by atoms with E-state index >= 15 is 0 Å². The van der Waals surface area contributed by atoms with Crippen LogP contribution in [0, 0.1) is 5.92 Å². The number of carbonyl (C=O) groups is 4. The smallest absolute Gasteiger partial charge is 0.343 e. The molecule has 1 saturated carbocycles. The number of hydrogen-bond donors (Lipinski definition) is 0. The molecule has 2 aromatic carbocycles. The van der Waals surface area contributed by atoms with E-state index in [1.54, 1.807) is 48.5 Å². The number of ether oxygens (including phenoxy) is 6. The lowest BCUT2D eigenvalue weighted by Gasteiger charge is -2.27. The number of rotatable bonds is 30. The van der Waals surface area contributed by atoms with Gasteiger partial charge in [0.1, 0.15) is 17.2 Å². The quantitative estimate of drug-likeness (QED) is 0.0328. The average Bonchev–Trinajstić information content (AvgIpc) is 3.22. The average molecular weight is 777 g/mol. The first-order valence-corrected chi connectivity index (χ1v) is 20.8. The van der Waals surface area contributed by atoms with E-state index < -0.39 is 5.97 Å². The van der Waals surface area contributed by atoms with Gasteiger partial charge in [0.15, 0.2) is 0 Å². The van der Waals surface area contributed by atoms with Gasteiger partial charge >= 0.3 is 23.9 Å². The number of hydrogen-bond acceptors (Lipinski definition) is 10. The van der Waals surface area contributed by atoms with E-state index in [2.05, 4.69) is 13.2 Å². The maximum atomic E-state index is 12.9. The zero-order chi connectivity index (χ0) is 40.1. The molecular weight excluding hydrogens is 712 g/mol. The summed E-state index contributed by atoms with van der Waals surface area (Å²) in [7, 11) is 0. The summed E-state index contributed by atoms with van der Waals surface area (Å²) in [4.78, 5) is 47.6. The second-order valence-electron chi connectivity index (χ2n) is 14.4. The first kappa shape index (κ1) is 45.9. The van der Waals surface area contributed by atoms with Gasteiger partial charge in [-0.25, -0.2) is 14.4 Å². The van der Waals surface area contributed by atoms with Crippen molar-refractivity contribution in [2.75, 3.05) is 26.4 Å². The van der Waals surface area contributed by atoms with Gasteiger partial charge in [-0.2, -0.15) is 0 Å². The van der Waals surface area contributed by atoms with Gasteiger partial charge in [-0.05, 0) is 99.9 Å². The fraction of sp³-hybridized carbons (Fsp3) is 0.565. The molecule has 0 N–H and O–H groups in total. The van der Waals surface area contributed by atoms with Crippen molar-refractivity contribution in [2.24, 2.45) is 5.92 Å². The molecule has 10 heteroatoms. The minimum absolute atomic E-state index is 0.157. The normalized spacial score (nSPS) is 15.0. The van der Waals surface area contributed by atoms with Crippen molar-refractivity contribution in [1.82, 2.24) is 0 Å².